The molecule has 1 unspecified atom stereocenters. The lowest BCUT2D eigenvalue weighted by atomic mass is 9.94. The van der Waals surface area contributed by atoms with Gasteiger partial charge in [0.25, 0.3) is 0 Å². The Bertz CT molecular complexity index is 408. The normalized spacial score (nSPS) is 19.6. The molecule has 0 aromatic heterocycles. The molecule has 100 valence electrons. The Morgan fingerprint density at radius 2 is 2.06 bits per heavy atom. The lowest BCUT2D eigenvalue weighted by Crippen LogP contribution is -2.25. The summed E-state index contributed by atoms with van der Waals surface area (Å²) in [5.74, 6) is 0.816. The number of fused-ring (bicyclic) bond motifs is 1. The molecule has 18 heavy (non-hydrogen) atoms. The second-order valence-electron chi connectivity index (χ2n) is 5.86. The zero-order valence-corrected chi connectivity index (χ0v) is 12.4. The predicted molar refractivity (Wildman–Crippen MR) is 80.5 cm³/mol. The zero-order chi connectivity index (χ0) is 13.1. The third-order valence-corrected chi connectivity index (χ3v) is 4.09. The average Bonchev–Trinajstić information content (AvgIpc) is 2.47. The first-order valence-electron chi connectivity index (χ1n) is 7.53. The van der Waals surface area contributed by atoms with Crippen molar-refractivity contribution in [3.63, 3.8) is 0 Å². The fourth-order valence-electron chi connectivity index (χ4n) is 3.24. The molecule has 1 heteroatoms. The van der Waals surface area contributed by atoms with Crippen molar-refractivity contribution in [2.45, 2.75) is 53.4 Å². The third-order valence-electron chi connectivity index (χ3n) is 4.09. The van der Waals surface area contributed by atoms with E-state index < -0.39 is 0 Å². The van der Waals surface area contributed by atoms with E-state index in [4.69, 9.17) is 0 Å². The van der Waals surface area contributed by atoms with E-state index in [1.807, 2.05) is 0 Å². The van der Waals surface area contributed by atoms with Gasteiger partial charge in [-0.15, -0.1) is 0 Å². The molecule has 1 aromatic carbocycles. The van der Waals surface area contributed by atoms with Crippen molar-refractivity contribution in [2.75, 3.05) is 18.0 Å². The van der Waals surface area contributed by atoms with E-state index in [0.29, 0.717) is 0 Å². The van der Waals surface area contributed by atoms with Crippen molar-refractivity contribution in [3.8, 4) is 0 Å². The second-order valence-corrected chi connectivity index (χ2v) is 5.86. The number of anilines is 1. The van der Waals surface area contributed by atoms with E-state index in [2.05, 4.69) is 44.7 Å². The molecule has 0 spiro atoms. The highest BCUT2D eigenvalue weighted by molar-refractivity contribution is 5.62. The molecule has 1 aromatic rings. The summed E-state index contributed by atoms with van der Waals surface area (Å²) in [6, 6.07) is 4.82. The predicted octanol–water partition coefficient (Wildman–Crippen LogP) is 4.36. The maximum absolute atomic E-state index is 2.60. The Balaban J connectivity index is 2.50. The minimum Gasteiger partial charge on any atom is -0.371 e. The molecule has 0 N–H and O–H groups in total. The minimum atomic E-state index is 0.816. The third kappa shape index (κ3) is 2.71. The molecule has 0 fully saturated rings. The van der Waals surface area contributed by atoms with Crippen molar-refractivity contribution in [1.29, 1.82) is 0 Å². The van der Waals surface area contributed by atoms with Crippen LogP contribution >= 0.6 is 0 Å². The molecule has 0 aliphatic carbocycles. The monoisotopic (exact) mass is 245 g/mol. The molecule has 0 amide bonds. The van der Waals surface area contributed by atoms with Gasteiger partial charge in [0.2, 0.25) is 0 Å². The zero-order valence-electron chi connectivity index (χ0n) is 12.4. The molecule has 1 aliphatic rings. The molecule has 1 aliphatic heterocycles. The van der Waals surface area contributed by atoms with Crippen LogP contribution in [0.4, 0.5) is 5.69 Å². The van der Waals surface area contributed by atoms with Gasteiger partial charge in [0.15, 0.2) is 0 Å². The Labute approximate surface area is 112 Å². The first-order chi connectivity index (χ1) is 8.65. The summed E-state index contributed by atoms with van der Waals surface area (Å²) in [4.78, 5) is 2.60. The van der Waals surface area contributed by atoms with Gasteiger partial charge in [-0.05, 0) is 50.2 Å². The van der Waals surface area contributed by atoms with Crippen LogP contribution < -0.4 is 4.90 Å². The Kier molecular flexibility index (Phi) is 4.31. The number of rotatable bonds is 3. The fourth-order valence-corrected chi connectivity index (χ4v) is 3.24. The molecule has 1 nitrogen and oxygen atoms in total. The second kappa shape index (κ2) is 5.77. The Morgan fingerprint density at radius 3 is 2.72 bits per heavy atom. The maximum atomic E-state index is 2.60. The molecule has 2 rings (SSSR count). The van der Waals surface area contributed by atoms with Gasteiger partial charge in [0.05, 0.1) is 0 Å². The smallest absolute Gasteiger partial charge is 0.0431 e. The summed E-state index contributed by atoms with van der Waals surface area (Å²) in [6.07, 6.45) is 5.04. The van der Waals surface area contributed by atoms with Crippen molar-refractivity contribution in [3.05, 3.63) is 28.8 Å². The van der Waals surface area contributed by atoms with Gasteiger partial charge in [0, 0.05) is 18.8 Å². The van der Waals surface area contributed by atoms with E-state index in [1.54, 1.807) is 16.8 Å². The van der Waals surface area contributed by atoms with Crippen LogP contribution in [-0.4, -0.2) is 13.1 Å². The van der Waals surface area contributed by atoms with Gasteiger partial charge in [-0.25, -0.2) is 0 Å². The van der Waals surface area contributed by atoms with Crippen LogP contribution in [0.5, 0.6) is 0 Å². The van der Waals surface area contributed by atoms with E-state index in [1.165, 1.54) is 37.8 Å². The fraction of sp³-hybridized carbons (Fsp3) is 0.647. The van der Waals surface area contributed by atoms with Crippen LogP contribution in [0.15, 0.2) is 12.1 Å². The summed E-state index contributed by atoms with van der Waals surface area (Å²) in [5.41, 5.74) is 6.16. The van der Waals surface area contributed by atoms with Crippen LogP contribution in [0.1, 0.15) is 50.3 Å². The van der Waals surface area contributed by atoms with Crippen molar-refractivity contribution in [2.24, 2.45) is 5.92 Å². The van der Waals surface area contributed by atoms with Crippen LogP contribution in [-0.2, 0) is 12.8 Å². The van der Waals surface area contributed by atoms with Gasteiger partial charge in [-0.3, -0.25) is 0 Å². The molecule has 1 atom stereocenters. The molecule has 0 saturated carbocycles. The molecule has 0 bridgehead atoms. The van der Waals surface area contributed by atoms with Crippen LogP contribution in [0.2, 0.25) is 0 Å². The SMILES string of the molecule is CCCc1cc(C)cc2c1N(CC)CCC(C)C2. The molecule has 1 heterocycles. The summed E-state index contributed by atoms with van der Waals surface area (Å²) in [5, 5.41) is 0. The summed E-state index contributed by atoms with van der Waals surface area (Å²) in [6.45, 7) is 11.6. The number of benzene rings is 1. The van der Waals surface area contributed by atoms with E-state index in [0.717, 1.165) is 12.5 Å². The van der Waals surface area contributed by atoms with Gasteiger partial charge in [-0.2, -0.15) is 0 Å². The topological polar surface area (TPSA) is 3.24 Å². The lowest BCUT2D eigenvalue weighted by Gasteiger charge is -2.26. The molecular formula is C17H27N. The van der Waals surface area contributed by atoms with E-state index in [9.17, 15) is 0 Å². The summed E-state index contributed by atoms with van der Waals surface area (Å²) >= 11 is 0. The summed E-state index contributed by atoms with van der Waals surface area (Å²) in [7, 11) is 0. The van der Waals surface area contributed by atoms with Crippen molar-refractivity contribution in [1.82, 2.24) is 0 Å². The van der Waals surface area contributed by atoms with Gasteiger partial charge >= 0.3 is 0 Å². The number of aryl methyl sites for hydroxylation is 2. The van der Waals surface area contributed by atoms with Gasteiger partial charge in [-0.1, -0.05) is 38.0 Å². The van der Waals surface area contributed by atoms with Crippen molar-refractivity contribution < 1.29 is 0 Å². The number of nitrogens with zero attached hydrogens (tertiary/aromatic N) is 1. The van der Waals surface area contributed by atoms with Gasteiger partial charge < -0.3 is 4.90 Å². The first-order valence-corrected chi connectivity index (χ1v) is 7.53. The molecule has 0 saturated heterocycles. The first kappa shape index (κ1) is 13.5. The van der Waals surface area contributed by atoms with Crippen molar-refractivity contribution >= 4 is 5.69 Å². The highest BCUT2D eigenvalue weighted by atomic mass is 15.1. The largest absolute Gasteiger partial charge is 0.371 e. The van der Waals surface area contributed by atoms with Crippen LogP contribution in [0.3, 0.4) is 0 Å². The van der Waals surface area contributed by atoms with Crippen LogP contribution in [0.25, 0.3) is 0 Å². The van der Waals surface area contributed by atoms with E-state index >= 15 is 0 Å². The van der Waals surface area contributed by atoms with Gasteiger partial charge in [0.1, 0.15) is 0 Å². The number of hydrogen-bond acceptors (Lipinski definition) is 1. The highest BCUT2D eigenvalue weighted by Gasteiger charge is 2.21. The highest BCUT2D eigenvalue weighted by Crippen LogP contribution is 2.33. The quantitative estimate of drug-likeness (QED) is 0.765. The standard InChI is InChI=1S/C17H27N/c1-5-7-15-11-14(4)12-16-10-13(3)8-9-18(6-2)17(15)16/h11-13H,5-10H2,1-4H3. The lowest BCUT2D eigenvalue weighted by molar-refractivity contribution is 0.543. The molecular weight excluding hydrogens is 218 g/mol. The minimum absolute atomic E-state index is 0.816. The summed E-state index contributed by atoms with van der Waals surface area (Å²) < 4.78 is 0. The number of hydrogen-bond donors (Lipinski definition) is 0. The Morgan fingerprint density at radius 1 is 1.28 bits per heavy atom. The Hall–Kier alpha value is -0.980. The maximum Gasteiger partial charge on any atom is 0.0431 e. The average molecular weight is 245 g/mol. The van der Waals surface area contributed by atoms with E-state index in [-0.39, 0.29) is 0 Å². The molecule has 0 radical (unpaired) electrons. The van der Waals surface area contributed by atoms with Crippen LogP contribution in [0, 0.1) is 12.8 Å².